The molecule has 2 bridgehead atoms. The SMILES string of the molecule is COc1nc2ccccc2nc1CCC(=O)N1C[C@@H]2CC[C@H](C1)N(C)C2=O. The highest BCUT2D eigenvalue weighted by molar-refractivity contribution is 5.83. The molecule has 2 atom stereocenters. The Labute approximate surface area is 158 Å². The minimum Gasteiger partial charge on any atom is -0.480 e. The lowest BCUT2D eigenvalue weighted by Gasteiger charge is -2.32. The Balaban J connectivity index is 1.48. The van der Waals surface area contributed by atoms with Gasteiger partial charge in [0, 0.05) is 39.0 Å². The van der Waals surface area contributed by atoms with Crippen molar-refractivity contribution in [1.82, 2.24) is 19.8 Å². The zero-order valence-corrected chi connectivity index (χ0v) is 15.7. The van der Waals surface area contributed by atoms with Crippen LogP contribution in [0.5, 0.6) is 5.88 Å². The summed E-state index contributed by atoms with van der Waals surface area (Å²) in [5.74, 6) is 0.635. The van der Waals surface area contributed by atoms with E-state index in [1.807, 2.05) is 41.1 Å². The number of benzene rings is 1. The molecule has 2 amide bonds. The summed E-state index contributed by atoms with van der Waals surface area (Å²) in [6.45, 7) is 1.15. The van der Waals surface area contributed by atoms with Gasteiger partial charge >= 0.3 is 0 Å². The standard InChI is InChI=1S/C20H24N4O3/c1-23-14-8-7-13(20(23)26)11-24(12-14)18(25)10-9-17-19(27-2)22-16-6-4-3-5-15(16)21-17/h3-6,13-14H,7-12H2,1-2H3/t13-,14+/m0/s1. The average molecular weight is 368 g/mol. The van der Waals surface area contributed by atoms with Crippen LogP contribution in [0.1, 0.15) is 25.0 Å². The molecule has 0 aliphatic carbocycles. The summed E-state index contributed by atoms with van der Waals surface area (Å²) < 4.78 is 5.37. The number of aromatic nitrogens is 2. The van der Waals surface area contributed by atoms with Crippen LogP contribution >= 0.6 is 0 Å². The van der Waals surface area contributed by atoms with E-state index in [2.05, 4.69) is 9.97 Å². The molecular weight excluding hydrogens is 344 g/mol. The van der Waals surface area contributed by atoms with Crippen LogP contribution < -0.4 is 4.74 Å². The van der Waals surface area contributed by atoms with Crippen molar-refractivity contribution in [1.29, 1.82) is 0 Å². The Morgan fingerprint density at radius 1 is 1.19 bits per heavy atom. The number of rotatable bonds is 4. The van der Waals surface area contributed by atoms with E-state index in [9.17, 15) is 9.59 Å². The number of aryl methyl sites for hydroxylation is 1. The first-order valence-electron chi connectivity index (χ1n) is 9.41. The van der Waals surface area contributed by atoms with Gasteiger partial charge in [0.25, 0.3) is 0 Å². The van der Waals surface area contributed by atoms with E-state index in [4.69, 9.17) is 4.74 Å². The molecule has 5 rings (SSSR count). The Morgan fingerprint density at radius 2 is 1.93 bits per heavy atom. The van der Waals surface area contributed by atoms with E-state index in [1.165, 1.54) is 0 Å². The number of carbonyl (C=O) groups is 2. The van der Waals surface area contributed by atoms with Crippen molar-refractivity contribution < 1.29 is 14.3 Å². The molecule has 142 valence electrons. The molecule has 7 heteroatoms. The van der Waals surface area contributed by atoms with E-state index in [-0.39, 0.29) is 23.8 Å². The van der Waals surface area contributed by atoms with Crippen LogP contribution in [0.3, 0.4) is 0 Å². The number of hydrogen-bond donors (Lipinski definition) is 0. The van der Waals surface area contributed by atoms with Crippen LogP contribution in [-0.4, -0.2) is 64.9 Å². The van der Waals surface area contributed by atoms with Crippen molar-refractivity contribution in [2.24, 2.45) is 5.92 Å². The fraction of sp³-hybridized carbons (Fsp3) is 0.500. The van der Waals surface area contributed by atoms with Crippen LogP contribution in [0.15, 0.2) is 24.3 Å². The van der Waals surface area contributed by atoms with Gasteiger partial charge in [0.2, 0.25) is 17.7 Å². The number of piperidine rings is 1. The van der Waals surface area contributed by atoms with Crippen molar-refractivity contribution in [2.75, 3.05) is 27.2 Å². The summed E-state index contributed by atoms with van der Waals surface area (Å²) in [6, 6.07) is 7.75. The monoisotopic (exact) mass is 368 g/mol. The summed E-state index contributed by atoms with van der Waals surface area (Å²) in [5, 5.41) is 0. The molecule has 1 aromatic carbocycles. The van der Waals surface area contributed by atoms with Gasteiger partial charge in [-0.05, 0) is 25.0 Å². The topological polar surface area (TPSA) is 75.6 Å². The number of para-hydroxylation sites is 2. The lowest BCUT2D eigenvalue weighted by molar-refractivity contribution is -0.138. The summed E-state index contributed by atoms with van der Waals surface area (Å²) in [4.78, 5) is 37.9. The molecular formula is C20H24N4O3. The van der Waals surface area contributed by atoms with Crippen molar-refractivity contribution in [3.63, 3.8) is 0 Å². The third-order valence-corrected chi connectivity index (χ3v) is 5.69. The van der Waals surface area contributed by atoms with Crippen molar-refractivity contribution >= 4 is 22.8 Å². The third kappa shape index (κ3) is 3.34. The molecule has 3 aliphatic rings. The molecule has 0 saturated carbocycles. The Hall–Kier alpha value is -2.70. The van der Waals surface area contributed by atoms with Gasteiger partial charge in [-0.15, -0.1) is 0 Å². The fourth-order valence-electron chi connectivity index (χ4n) is 4.09. The first-order valence-corrected chi connectivity index (χ1v) is 9.41. The molecule has 0 N–H and O–H groups in total. The summed E-state index contributed by atoms with van der Waals surface area (Å²) in [7, 11) is 3.42. The lowest BCUT2D eigenvalue weighted by Crippen LogP contribution is -2.45. The van der Waals surface area contributed by atoms with E-state index >= 15 is 0 Å². The number of amides is 2. The van der Waals surface area contributed by atoms with Crippen LogP contribution in [0, 0.1) is 5.92 Å². The maximum atomic E-state index is 12.8. The van der Waals surface area contributed by atoms with Crippen molar-refractivity contribution in [2.45, 2.75) is 31.7 Å². The molecule has 2 aromatic rings. The predicted molar refractivity (Wildman–Crippen MR) is 100 cm³/mol. The van der Waals surface area contributed by atoms with E-state index in [1.54, 1.807) is 7.11 Å². The van der Waals surface area contributed by atoms with Gasteiger partial charge in [0.1, 0.15) is 5.69 Å². The molecule has 1 aromatic heterocycles. The molecule has 27 heavy (non-hydrogen) atoms. The highest BCUT2D eigenvalue weighted by atomic mass is 16.5. The maximum absolute atomic E-state index is 12.8. The first-order chi connectivity index (χ1) is 13.1. The predicted octanol–water partition coefficient (Wildman–Crippen LogP) is 1.65. The molecule has 4 heterocycles. The molecule has 3 fully saturated rings. The van der Waals surface area contributed by atoms with Gasteiger partial charge < -0.3 is 14.5 Å². The minimum absolute atomic E-state index is 0.0620. The minimum atomic E-state index is -0.0623. The maximum Gasteiger partial charge on any atom is 0.235 e. The normalized spacial score (nSPS) is 22.2. The van der Waals surface area contributed by atoms with Gasteiger partial charge in [0.15, 0.2) is 0 Å². The van der Waals surface area contributed by atoms with Gasteiger partial charge in [-0.25, -0.2) is 9.97 Å². The second kappa shape index (κ2) is 7.13. The number of carbonyl (C=O) groups excluding carboxylic acids is 2. The van der Waals surface area contributed by atoms with Crippen LogP contribution in [0.4, 0.5) is 0 Å². The Morgan fingerprint density at radius 3 is 2.67 bits per heavy atom. The third-order valence-electron chi connectivity index (χ3n) is 5.69. The second-order valence-electron chi connectivity index (χ2n) is 7.34. The number of methoxy groups -OCH3 is 1. The quantitative estimate of drug-likeness (QED) is 0.820. The summed E-state index contributed by atoms with van der Waals surface area (Å²) in [5.41, 5.74) is 2.26. The second-order valence-corrected chi connectivity index (χ2v) is 7.34. The van der Waals surface area contributed by atoms with Gasteiger partial charge in [0.05, 0.1) is 24.1 Å². The fourth-order valence-corrected chi connectivity index (χ4v) is 4.09. The van der Waals surface area contributed by atoms with Crippen LogP contribution in [-0.2, 0) is 16.0 Å². The van der Waals surface area contributed by atoms with Gasteiger partial charge in [-0.3, -0.25) is 9.59 Å². The van der Waals surface area contributed by atoms with Crippen LogP contribution in [0.25, 0.3) is 11.0 Å². The number of likely N-dealkylation sites (N-methyl/N-ethyl adjacent to an activating group) is 1. The molecule has 0 unspecified atom stereocenters. The Kier molecular flexibility index (Phi) is 4.68. The molecule has 7 nitrogen and oxygen atoms in total. The number of hydrogen-bond acceptors (Lipinski definition) is 5. The smallest absolute Gasteiger partial charge is 0.235 e. The van der Waals surface area contributed by atoms with Crippen molar-refractivity contribution in [3.8, 4) is 5.88 Å². The van der Waals surface area contributed by atoms with Crippen molar-refractivity contribution in [3.05, 3.63) is 30.0 Å². The van der Waals surface area contributed by atoms with E-state index in [0.717, 1.165) is 23.9 Å². The summed E-state index contributed by atoms with van der Waals surface area (Å²) >= 11 is 0. The van der Waals surface area contributed by atoms with E-state index in [0.29, 0.717) is 37.5 Å². The highest BCUT2D eigenvalue weighted by Gasteiger charge is 2.39. The number of nitrogens with zero attached hydrogens (tertiary/aromatic N) is 4. The highest BCUT2D eigenvalue weighted by Crippen LogP contribution is 2.28. The number of fused-ring (bicyclic) bond motifs is 5. The zero-order chi connectivity index (χ0) is 19.0. The van der Waals surface area contributed by atoms with Gasteiger partial charge in [-0.1, -0.05) is 12.1 Å². The molecule has 3 saturated heterocycles. The Bertz CT molecular complexity index is 885. The molecule has 3 aliphatic heterocycles. The van der Waals surface area contributed by atoms with Crippen LogP contribution in [0.2, 0.25) is 0 Å². The summed E-state index contributed by atoms with van der Waals surface area (Å²) in [6.07, 6.45) is 2.65. The molecule has 0 radical (unpaired) electrons. The average Bonchev–Trinajstić information content (AvgIpc) is 2.98. The van der Waals surface area contributed by atoms with E-state index < -0.39 is 0 Å². The largest absolute Gasteiger partial charge is 0.480 e. The lowest BCUT2D eigenvalue weighted by atomic mass is 9.95. The number of ether oxygens (including phenoxy) is 1. The zero-order valence-electron chi connectivity index (χ0n) is 15.7. The molecule has 0 spiro atoms. The first kappa shape index (κ1) is 17.7. The van der Waals surface area contributed by atoms with Gasteiger partial charge in [-0.2, -0.15) is 0 Å².